The molecule has 162 valence electrons. The molecule has 0 atom stereocenters. The molecule has 0 aliphatic carbocycles. The Labute approximate surface area is 174 Å². The molecule has 1 aliphatic heterocycles. The minimum atomic E-state index is -0.0479. The van der Waals surface area contributed by atoms with E-state index in [9.17, 15) is 4.79 Å². The van der Waals surface area contributed by atoms with Crippen LogP contribution in [0.15, 0.2) is 29.3 Å². The number of aliphatic imine (C=N–C) groups is 1. The van der Waals surface area contributed by atoms with Gasteiger partial charge in [0.15, 0.2) is 5.96 Å². The predicted molar refractivity (Wildman–Crippen MR) is 117 cm³/mol. The van der Waals surface area contributed by atoms with Crippen molar-refractivity contribution in [2.45, 2.75) is 13.5 Å². The molecule has 1 aromatic rings. The molecule has 0 aromatic heterocycles. The van der Waals surface area contributed by atoms with Crippen molar-refractivity contribution in [3.05, 3.63) is 35.4 Å². The van der Waals surface area contributed by atoms with E-state index in [0.29, 0.717) is 18.7 Å². The zero-order valence-electron chi connectivity index (χ0n) is 18.0. The minimum Gasteiger partial charge on any atom is -0.379 e. The Bertz CT molecular complexity index is 644. The minimum absolute atomic E-state index is 0.0479. The van der Waals surface area contributed by atoms with Gasteiger partial charge in [-0.3, -0.25) is 9.69 Å². The van der Waals surface area contributed by atoms with Crippen molar-refractivity contribution >= 4 is 11.9 Å². The Hall–Kier alpha value is -2.16. The largest absolute Gasteiger partial charge is 0.379 e. The summed E-state index contributed by atoms with van der Waals surface area (Å²) in [6.45, 7) is 10.2. The maximum Gasteiger partial charge on any atom is 0.251 e. The quantitative estimate of drug-likeness (QED) is 0.386. The monoisotopic (exact) mass is 404 g/mol. The van der Waals surface area contributed by atoms with E-state index in [2.05, 4.69) is 32.8 Å². The number of carbonyl (C=O) groups excluding carboxylic acids is 1. The number of guanidine groups is 1. The molecule has 0 spiro atoms. The van der Waals surface area contributed by atoms with E-state index in [-0.39, 0.29) is 5.91 Å². The predicted octanol–water partition coefficient (Wildman–Crippen LogP) is 0.365. The van der Waals surface area contributed by atoms with Gasteiger partial charge in [-0.1, -0.05) is 12.1 Å². The number of nitrogens with zero attached hydrogens (tertiary/aromatic N) is 3. The molecule has 1 aromatic carbocycles. The lowest BCUT2D eigenvalue weighted by molar-refractivity contribution is 0.0389. The number of benzene rings is 1. The van der Waals surface area contributed by atoms with Crippen molar-refractivity contribution in [2.24, 2.45) is 4.99 Å². The van der Waals surface area contributed by atoms with Gasteiger partial charge >= 0.3 is 0 Å². The molecular formula is C21H36N6O2. The van der Waals surface area contributed by atoms with Gasteiger partial charge in [0.25, 0.3) is 5.91 Å². The Morgan fingerprint density at radius 1 is 1.17 bits per heavy atom. The van der Waals surface area contributed by atoms with E-state index in [1.807, 2.05) is 43.3 Å². The molecule has 1 saturated heterocycles. The summed E-state index contributed by atoms with van der Waals surface area (Å²) in [4.78, 5) is 21.4. The van der Waals surface area contributed by atoms with Gasteiger partial charge in [-0.25, -0.2) is 4.99 Å². The van der Waals surface area contributed by atoms with Crippen LogP contribution in [-0.2, 0) is 11.3 Å². The molecule has 1 aliphatic rings. The average Bonchev–Trinajstić information content (AvgIpc) is 2.72. The van der Waals surface area contributed by atoms with Gasteiger partial charge in [0.05, 0.1) is 19.8 Å². The van der Waals surface area contributed by atoms with Gasteiger partial charge in [0.1, 0.15) is 0 Å². The number of hydrogen-bond donors (Lipinski definition) is 3. The number of rotatable bonds is 10. The zero-order chi connectivity index (χ0) is 20.9. The zero-order valence-corrected chi connectivity index (χ0v) is 18.0. The number of ether oxygens (including phenoxy) is 1. The molecule has 1 fully saturated rings. The topological polar surface area (TPSA) is 81.2 Å². The summed E-state index contributed by atoms with van der Waals surface area (Å²) in [5, 5.41) is 9.61. The van der Waals surface area contributed by atoms with E-state index in [4.69, 9.17) is 4.74 Å². The van der Waals surface area contributed by atoms with E-state index < -0.39 is 0 Å². The van der Waals surface area contributed by atoms with Crippen LogP contribution in [-0.4, -0.2) is 94.8 Å². The summed E-state index contributed by atoms with van der Waals surface area (Å²) in [5.74, 6) is 0.745. The maximum absolute atomic E-state index is 12.3. The van der Waals surface area contributed by atoms with Crippen molar-refractivity contribution < 1.29 is 9.53 Å². The van der Waals surface area contributed by atoms with Crippen molar-refractivity contribution in [3.63, 3.8) is 0 Å². The second-order valence-electron chi connectivity index (χ2n) is 7.34. The fourth-order valence-corrected chi connectivity index (χ4v) is 2.98. The Morgan fingerprint density at radius 3 is 2.69 bits per heavy atom. The summed E-state index contributed by atoms with van der Waals surface area (Å²) in [7, 11) is 3.98. The molecule has 2 rings (SSSR count). The molecule has 3 N–H and O–H groups in total. The van der Waals surface area contributed by atoms with Crippen LogP contribution in [0.4, 0.5) is 0 Å². The van der Waals surface area contributed by atoms with Crippen LogP contribution in [0.1, 0.15) is 22.8 Å². The van der Waals surface area contributed by atoms with Gasteiger partial charge < -0.3 is 25.6 Å². The summed E-state index contributed by atoms with van der Waals surface area (Å²) < 4.78 is 5.38. The summed E-state index contributed by atoms with van der Waals surface area (Å²) in [6, 6.07) is 7.65. The highest BCUT2D eigenvalue weighted by molar-refractivity contribution is 5.94. The first kappa shape index (κ1) is 23.1. The number of amides is 1. The van der Waals surface area contributed by atoms with Crippen molar-refractivity contribution in [1.82, 2.24) is 25.8 Å². The van der Waals surface area contributed by atoms with Crippen LogP contribution in [0.3, 0.4) is 0 Å². The lowest BCUT2D eigenvalue weighted by Crippen LogP contribution is -2.44. The molecule has 29 heavy (non-hydrogen) atoms. The summed E-state index contributed by atoms with van der Waals surface area (Å²) in [5.41, 5.74) is 1.68. The normalized spacial score (nSPS) is 15.4. The molecule has 1 amide bonds. The first-order valence-electron chi connectivity index (χ1n) is 10.4. The number of likely N-dealkylation sites (N-methyl/N-ethyl adjacent to an activating group) is 1. The maximum atomic E-state index is 12.3. The summed E-state index contributed by atoms with van der Waals surface area (Å²) in [6.07, 6.45) is 0. The average molecular weight is 405 g/mol. The fraction of sp³-hybridized carbons (Fsp3) is 0.619. The van der Waals surface area contributed by atoms with Crippen molar-refractivity contribution in [1.29, 1.82) is 0 Å². The lowest BCUT2D eigenvalue weighted by atomic mass is 10.1. The first-order valence-corrected chi connectivity index (χ1v) is 10.4. The van der Waals surface area contributed by atoms with E-state index in [0.717, 1.165) is 64.0 Å². The molecule has 0 saturated carbocycles. The van der Waals surface area contributed by atoms with Crippen LogP contribution >= 0.6 is 0 Å². The van der Waals surface area contributed by atoms with E-state index in [1.165, 1.54) is 0 Å². The standard InChI is InChI=1S/C21H36N6O2/c1-4-22-21(24-9-11-27-12-14-29-15-13-27)25-17-18-6-5-7-19(16-18)20(28)23-8-10-26(2)3/h5-7,16H,4,8-15,17H2,1-3H3,(H,23,28)(H2,22,24,25). The highest BCUT2D eigenvalue weighted by Crippen LogP contribution is 2.07. The molecule has 0 radical (unpaired) electrons. The van der Waals surface area contributed by atoms with Gasteiger partial charge in [-0.2, -0.15) is 0 Å². The SMILES string of the molecule is CCNC(=NCc1cccc(C(=O)NCCN(C)C)c1)NCCN1CCOCC1. The second kappa shape index (κ2) is 13.1. The van der Waals surface area contributed by atoms with Crippen LogP contribution in [0.5, 0.6) is 0 Å². The summed E-state index contributed by atoms with van der Waals surface area (Å²) >= 11 is 0. The molecule has 0 bridgehead atoms. The number of nitrogens with one attached hydrogen (secondary N) is 3. The first-order chi connectivity index (χ1) is 14.1. The molecule has 8 heteroatoms. The number of hydrogen-bond acceptors (Lipinski definition) is 5. The van der Waals surface area contributed by atoms with Crippen LogP contribution < -0.4 is 16.0 Å². The van der Waals surface area contributed by atoms with Gasteiger partial charge in [0.2, 0.25) is 0 Å². The van der Waals surface area contributed by atoms with Crippen LogP contribution in [0, 0.1) is 0 Å². The van der Waals surface area contributed by atoms with Crippen LogP contribution in [0.2, 0.25) is 0 Å². The smallest absolute Gasteiger partial charge is 0.251 e. The van der Waals surface area contributed by atoms with Gasteiger partial charge in [0, 0.05) is 51.4 Å². The second-order valence-corrected chi connectivity index (χ2v) is 7.34. The lowest BCUT2D eigenvalue weighted by Gasteiger charge is -2.26. The molecule has 8 nitrogen and oxygen atoms in total. The fourth-order valence-electron chi connectivity index (χ4n) is 2.98. The van der Waals surface area contributed by atoms with Crippen molar-refractivity contribution in [3.8, 4) is 0 Å². The molecular weight excluding hydrogens is 368 g/mol. The Kier molecular flexibility index (Phi) is 10.5. The van der Waals surface area contributed by atoms with Gasteiger partial charge in [-0.05, 0) is 38.7 Å². The molecule has 0 unspecified atom stereocenters. The van der Waals surface area contributed by atoms with E-state index in [1.54, 1.807) is 0 Å². The number of carbonyl (C=O) groups is 1. The Balaban J connectivity index is 1.84. The Morgan fingerprint density at radius 2 is 1.97 bits per heavy atom. The third-order valence-electron chi connectivity index (χ3n) is 4.62. The molecule has 1 heterocycles. The third-order valence-corrected chi connectivity index (χ3v) is 4.62. The highest BCUT2D eigenvalue weighted by atomic mass is 16.5. The number of morpholine rings is 1. The van der Waals surface area contributed by atoms with E-state index >= 15 is 0 Å². The highest BCUT2D eigenvalue weighted by Gasteiger charge is 2.10. The van der Waals surface area contributed by atoms with Crippen molar-refractivity contribution in [2.75, 3.05) is 73.1 Å². The third kappa shape index (κ3) is 9.25. The van der Waals surface area contributed by atoms with Crippen LogP contribution in [0.25, 0.3) is 0 Å². The van der Waals surface area contributed by atoms with Gasteiger partial charge in [-0.15, -0.1) is 0 Å².